The molecule has 3 rings (SSSR count). The minimum Gasteiger partial charge on any atom is -0.507 e. The number of halogens is 2. The molecule has 0 unspecified atom stereocenters. The van der Waals surface area contributed by atoms with Gasteiger partial charge < -0.3 is 9.63 Å². The molecule has 0 saturated heterocycles. The number of nitrogens with zero attached hydrogens (tertiary/aromatic N) is 2. The van der Waals surface area contributed by atoms with Gasteiger partial charge in [0.1, 0.15) is 11.6 Å². The van der Waals surface area contributed by atoms with Gasteiger partial charge >= 0.3 is 0 Å². The van der Waals surface area contributed by atoms with Crippen LogP contribution in [0.2, 0.25) is 0 Å². The fourth-order valence-corrected chi connectivity index (χ4v) is 2.08. The summed E-state index contributed by atoms with van der Waals surface area (Å²) in [5.41, 5.74) is 1.68. The van der Waals surface area contributed by atoms with Gasteiger partial charge in [-0.2, -0.15) is 4.98 Å². The predicted octanol–water partition coefficient (Wildman–Crippen LogP) is 4.32. The van der Waals surface area contributed by atoms with E-state index in [0.29, 0.717) is 27.0 Å². The van der Waals surface area contributed by atoms with E-state index >= 15 is 0 Å². The van der Waals surface area contributed by atoms with Gasteiger partial charge in [0.15, 0.2) is 0 Å². The van der Waals surface area contributed by atoms with Crippen molar-refractivity contribution in [2.24, 2.45) is 0 Å². The predicted molar refractivity (Wildman–Crippen MR) is 79.2 cm³/mol. The van der Waals surface area contributed by atoms with E-state index in [0.717, 1.165) is 0 Å². The molecule has 0 radical (unpaired) electrons. The molecule has 4 nitrogen and oxygen atoms in total. The van der Waals surface area contributed by atoms with Crippen molar-refractivity contribution >= 4 is 15.9 Å². The van der Waals surface area contributed by atoms with Crippen molar-refractivity contribution in [1.29, 1.82) is 0 Å². The summed E-state index contributed by atoms with van der Waals surface area (Å²) < 4.78 is 19.3. The highest BCUT2D eigenvalue weighted by Gasteiger charge is 2.13. The number of phenolic OH excluding ortho intramolecular Hbond substituents is 1. The molecule has 0 aliphatic heterocycles. The quantitative estimate of drug-likeness (QED) is 0.749. The van der Waals surface area contributed by atoms with Crippen LogP contribution in [0.15, 0.2) is 45.4 Å². The Morgan fingerprint density at radius 2 is 1.90 bits per heavy atom. The van der Waals surface area contributed by atoms with Crippen molar-refractivity contribution in [3.63, 3.8) is 0 Å². The Bertz CT molecular complexity index is 751. The van der Waals surface area contributed by atoms with E-state index in [2.05, 4.69) is 26.1 Å². The lowest BCUT2D eigenvalue weighted by Gasteiger charge is -1.99. The van der Waals surface area contributed by atoms with Crippen LogP contribution in [-0.4, -0.2) is 15.2 Å². The second kappa shape index (κ2) is 5.29. The average Bonchev–Trinajstić information content (AvgIpc) is 2.94. The van der Waals surface area contributed by atoms with Gasteiger partial charge in [0.05, 0.1) is 4.47 Å². The van der Waals surface area contributed by atoms with E-state index in [1.807, 2.05) is 0 Å². The summed E-state index contributed by atoms with van der Waals surface area (Å²) in [6, 6.07) is 9.68. The normalized spacial score (nSPS) is 10.8. The summed E-state index contributed by atoms with van der Waals surface area (Å²) in [7, 11) is 0. The molecule has 0 fully saturated rings. The first kappa shape index (κ1) is 13.8. The first-order valence-electron chi connectivity index (χ1n) is 6.14. The number of hydrogen-bond donors (Lipinski definition) is 1. The number of benzene rings is 2. The smallest absolute Gasteiger partial charge is 0.258 e. The van der Waals surface area contributed by atoms with Crippen molar-refractivity contribution in [3.8, 4) is 28.6 Å². The zero-order valence-electron chi connectivity index (χ0n) is 11.0. The SMILES string of the molecule is Cc1ccc(-c2noc(-c3ccc(Br)c(O)c3)n2)cc1F. The highest BCUT2D eigenvalue weighted by molar-refractivity contribution is 9.10. The highest BCUT2D eigenvalue weighted by Crippen LogP contribution is 2.30. The van der Waals surface area contributed by atoms with Gasteiger partial charge in [-0.3, -0.25) is 0 Å². The molecule has 1 heterocycles. The number of aryl methyl sites for hydroxylation is 1. The van der Waals surface area contributed by atoms with Crippen LogP contribution in [0.4, 0.5) is 4.39 Å². The topological polar surface area (TPSA) is 59.2 Å². The van der Waals surface area contributed by atoms with Crippen LogP contribution in [0.3, 0.4) is 0 Å². The third-order valence-electron chi connectivity index (χ3n) is 3.05. The molecule has 6 heteroatoms. The maximum absolute atomic E-state index is 13.6. The maximum atomic E-state index is 13.6. The summed E-state index contributed by atoms with van der Waals surface area (Å²) in [5, 5.41) is 13.5. The Morgan fingerprint density at radius 1 is 1.14 bits per heavy atom. The molecule has 106 valence electrons. The van der Waals surface area contributed by atoms with Crippen LogP contribution < -0.4 is 0 Å². The summed E-state index contributed by atoms with van der Waals surface area (Å²) in [4.78, 5) is 4.22. The molecule has 21 heavy (non-hydrogen) atoms. The van der Waals surface area contributed by atoms with E-state index in [1.165, 1.54) is 12.1 Å². The Balaban J connectivity index is 1.99. The van der Waals surface area contributed by atoms with Gasteiger partial charge in [0.2, 0.25) is 5.82 Å². The third-order valence-corrected chi connectivity index (χ3v) is 3.72. The van der Waals surface area contributed by atoms with E-state index in [4.69, 9.17) is 4.52 Å². The molecule has 0 amide bonds. The number of hydrogen-bond acceptors (Lipinski definition) is 4. The lowest BCUT2D eigenvalue weighted by Crippen LogP contribution is -1.86. The van der Waals surface area contributed by atoms with E-state index in [9.17, 15) is 9.50 Å². The van der Waals surface area contributed by atoms with Gasteiger partial charge in [0, 0.05) is 11.1 Å². The first-order chi connectivity index (χ1) is 10.0. The Labute approximate surface area is 128 Å². The third kappa shape index (κ3) is 2.67. The van der Waals surface area contributed by atoms with Gasteiger partial charge in [-0.15, -0.1) is 0 Å². The molecule has 0 spiro atoms. The Kier molecular flexibility index (Phi) is 3.47. The van der Waals surface area contributed by atoms with Gasteiger partial charge in [0.25, 0.3) is 5.89 Å². The van der Waals surface area contributed by atoms with Crippen molar-refractivity contribution in [2.75, 3.05) is 0 Å². The molecule has 0 aliphatic rings. The molecule has 0 saturated carbocycles. The van der Waals surface area contributed by atoms with Crippen LogP contribution in [-0.2, 0) is 0 Å². The zero-order chi connectivity index (χ0) is 15.0. The summed E-state index contributed by atoms with van der Waals surface area (Å²) in [5.74, 6) is 0.314. The van der Waals surface area contributed by atoms with Crippen LogP contribution in [0.5, 0.6) is 5.75 Å². The number of aromatic hydroxyl groups is 1. The molecule has 1 N–H and O–H groups in total. The highest BCUT2D eigenvalue weighted by atomic mass is 79.9. The molecule has 0 bridgehead atoms. The van der Waals surface area contributed by atoms with Gasteiger partial charge in [-0.25, -0.2) is 4.39 Å². The van der Waals surface area contributed by atoms with Crippen LogP contribution in [0.1, 0.15) is 5.56 Å². The molecular formula is C15H10BrFN2O2. The lowest BCUT2D eigenvalue weighted by atomic mass is 10.1. The molecule has 3 aromatic rings. The van der Waals surface area contributed by atoms with Crippen LogP contribution >= 0.6 is 15.9 Å². The molecule has 0 aliphatic carbocycles. The second-order valence-electron chi connectivity index (χ2n) is 4.55. The first-order valence-corrected chi connectivity index (χ1v) is 6.93. The summed E-state index contributed by atoms with van der Waals surface area (Å²) in [6.07, 6.45) is 0. The minimum atomic E-state index is -0.319. The van der Waals surface area contributed by atoms with E-state index in [1.54, 1.807) is 31.2 Å². The molecule has 1 aromatic heterocycles. The maximum Gasteiger partial charge on any atom is 0.258 e. The standard InChI is InChI=1S/C15H10BrFN2O2/c1-8-2-3-9(6-12(8)17)14-18-15(21-19-14)10-4-5-11(16)13(20)7-10/h2-7,20H,1H3. The Morgan fingerprint density at radius 3 is 2.62 bits per heavy atom. The van der Waals surface area contributed by atoms with Crippen molar-refractivity contribution < 1.29 is 14.0 Å². The van der Waals surface area contributed by atoms with E-state index in [-0.39, 0.29) is 17.5 Å². The molecule has 2 aromatic carbocycles. The van der Waals surface area contributed by atoms with Crippen molar-refractivity contribution in [2.45, 2.75) is 6.92 Å². The minimum absolute atomic E-state index is 0.0774. The summed E-state index contributed by atoms with van der Waals surface area (Å²) in [6.45, 7) is 1.69. The van der Waals surface area contributed by atoms with Gasteiger partial charge in [-0.05, 0) is 52.7 Å². The largest absolute Gasteiger partial charge is 0.507 e. The molecular weight excluding hydrogens is 339 g/mol. The fraction of sp³-hybridized carbons (Fsp3) is 0.0667. The number of aromatic nitrogens is 2. The average molecular weight is 349 g/mol. The van der Waals surface area contributed by atoms with Crippen molar-refractivity contribution in [3.05, 3.63) is 52.3 Å². The van der Waals surface area contributed by atoms with Crippen molar-refractivity contribution in [1.82, 2.24) is 10.1 Å². The van der Waals surface area contributed by atoms with Gasteiger partial charge in [-0.1, -0.05) is 17.3 Å². The Hall–Kier alpha value is -2.21. The monoisotopic (exact) mass is 348 g/mol. The lowest BCUT2D eigenvalue weighted by molar-refractivity contribution is 0.431. The van der Waals surface area contributed by atoms with Crippen LogP contribution in [0, 0.1) is 12.7 Å². The second-order valence-corrected chi connectivity index (χ2v) is 5.41. The fourth-order valence-electron chi connectivity index (χ4n) is 1.84. The zero-order valence-corrected chi connectivity index (χ0v) is 12.6. The number of rotatable bonds is 2. The number of phenols is 1. The van der Waals surface area contributed by atoms with Crippen LogP contribution in [0.25, 0.3) is 22.8 Å². The summed E-state index contributed by atoms with van der Waals surface area (Å²) >= 11 is 3.20. The van der Waals surface area contributed by atoms with E-state index < -0.39 is 0 Å². The molecule has 0 atom stereocenters.